The normalized spacial score (nSPS) is 12.1. The van der Waals surface area contributed by atoms with Crippen LogP contribution < -0.4 is 5.32 Å². The molecule has 1 atom stereocenters. The van der Waals surface area contributed by atoms with Gasteiger partial charge in [-0.15, -0.1) is 10.2 Å². The number of H-pyrrole nitrogens is 1. The number of ketones is 1. The number of rotatable bonds is 5. The van der Waals surface area contributed by atoms with E-state index in [0.717, 1.165) is 11.3 Å². The minimum absolute atomic E-state index is 0.0449. The molecule has 0 amide bonds. The Bertz CT molecular complexity index is 506. The Balaban J connectivity index is 2.04. The molecule has 0 fully saturated rings. The largest absolute Gasteiger partial charge is 0.375 e. The first-order valence-corrected chi connectivity index (χ1v) is 5.84. The van der Waals surface area contributed by atoms with E-state index in [2.05, 4.69) is 25.9 Å². The maximum absolute atomic E-state index is 11.5. The summed E-state index contributed by atoms with van der Waals surface area (Å²) in [6.07, 6.45) is 0.520. The molecule has 0 saturated heterocycles. The Morgan fingerprint density at radius 3 is 2.67 bits per heavy atom. The number of hydrogen-bond acceptors (Lipinski definition) is 5. The van der Waals surface area contributed by atoms with Crippen molar-refractivity contribution in [3.05, 3.63) is 35.7 Å². The molecule has 1 unspecified atom stereocenters. The SMILES string of the molecule is CCC(=O)c1ccc(NC(C)c2nn[nH]n2)cc1. The zero-order valence-electron chi connectivity index (χ0n) is 10.3. The molecule has 94 valence electrons. The van der Waals surface area contributed by atoms with E-state index in [1.54, 1.807) is 0 Å². The monoisotopic (exact) mass is 245 g/mol. The lowest BCUT2D eigenvalue weighted by Gasteiger charge is -2.11. The number of tetrazole rings is 1. The quantitative estimate of drug-likeness (QED) is 0.787. The number of aromatic amines is 1. The highest BCUT2D eigenvalue weighted by Gasteiger charge is 2.10. The van der Waals surface area contributed by atoms with Gasteiger partial charge in [0, 0.05) is 17.7 Å². The Morgan fingerprint density at radius 2 is 2.11 bits per heavy atom. The fraction of sp³-hybridized carbons (Fsp3) is 0.333. The van der Waals surface area contributed by atoms with Crippen LogP contribution in [0.15, 0.2) is 24.3 Å². The molecule has 0 spiro atoms. The summed E-state index contributed by atoms with van der Waals surface area (Å²) in [6.45, 7) is 3.79. The average molecular weight is 245 g/mol. The third-order valence-electron chi connectivity index (χ3n) is 2.66. The molecule has 2 aromatic rings. The number of nitrogens with zero attached hydrogens (tertiary/aromatic N) is 3. The summed E-state index contributed by atoms with van der Waals surface area (Å²) in [7, 11) is 0. The first kappa shape index (κ1) is 12.2. The smallest absolute Gasteiger partial charge is 0.196 e. The topological polar surface area (TPSA) is 83.6 Å². The molecule has 18 heavy (non-hydrogen) atoms. The number of Topliss-reactive ketones (excluding diaryl/α,β-unsaturated/α-hetero) is 1. The summed E-state index contributed by atoms with van der Waals surface area (Å²) in [5.74, 6) is 0.747. The van der Waals surface area contributed by atoms with E-state index < -0.39 is 0 Å². The molecular formula is C12H15N5O. The lowest BCUT2D eigenvalue weighted by Crippen LogP contribution is -2.08. The molecular weight excluding hydrogens is 230 g/mol. The van der Waals surface area contributed by atoms with Gasteiger partial charge >= 0.3 is 0 Å². The predicted octanol–water partition coefficient (Wildman–Crippen LogP) is 1.97. The lowest BCUT2D eigenvalue weighted by atomic mass is 10.1. The molecule has 0 aliphatic carbocycles. The van der Waals surface area contributed by atoms with Crippen LogP contribution in [0, 0.1) is 0 Å². The van der Waals surface area contributed by atoms with Crippen LogP contribution in [0.3, 0.4) is 0 Å². The number of hydrogen-bond donors (Lipinski definition) is 2. The Hall–Kier alpha value is -2.24. The number of anilines is 1. The van der Waals surface area contributed by atoms with Crippen LogP contribution in [0.1, 0.15) is 42.5 Å². The fourth-order valence-electron chi connectivity index (χ4n) is 1.62. The maximum Gasteiger partial charge on any atom is 0.196 e. The van der Waals surface area contributed by atoms with Crippen LogP contribution in [-0.2, 0) is 0 Å². The summed E-state index contributed by atoms with van der Waals surface area (Å²) in [5, 5.41) is 17.0. The second-order valence-corrected chi connectivity index (χ2v) is 3.99. The van der Waals surface area contributed by atoms with Crippen LogP contribution in [0.4, 0.5) is 5.69 Å². The minimum atomic E-state index is -0.0449. The van der Waals surface area contributed by atoms with Gasteiger partial charge in [0.2, 0.25) is 0 Å². The van der Waals surface area contributed by atoms with Gasteiger partial charge in [0.05, 0.1) is 6.04 Å². The molecule has 0 radical (unpaired) electrons. The molecule has 6 heteroatoms. The van der Waals surface area contributed by atoms with E-state index >= 15 is 0 Å². The van der Waals surface area contributed by atoms with Crippen molar-refractivity contribution >= 4 is 11.5 Å². The highest BCUT2D eigenvalue weighted by molar-refractivity contribution is 5.96. The first-order valence-electron chi connectivity index (χ1n) is 5.84. The van der Waals surface area contributed by atoms with Crippen molar-refractivity contribution in [1.82, 2.24) is 20.6 Å². The molecule has 0 aliphatic rings. The summed E-state index contributed by atoms with van der Waals surface area (Å²) in [5.41, 5.74) is 1.65. The van der Waals surface area contributed by atoms with E-state index in [-0.39, 0.29) is 11.8 Å². The van der Waals surface area contributed by atoms with Crippen molar-refractivity contribution in [2.45, 2.75) is 26.3 Å². The fourth-order valence-corrected chi connectivity index (χ4v) is 1.62. The second-order valence-electron chi connectivity index (χ2n) is 3.99. The second kappa shape index (κ2) is 5.39. The van der Waals surface area contributed by atoms with Crippen molar-refractivity contribution in [1.29, 1.82) is 0 Å². The number of carbonyl (C=O) groups excluding carboxylic acids is 1. The number of nitrogens with one attached hydrogen (secondary N) is 2. The molecule has 6 nitrogen and oxygen atoms in total. The molecule has 0 aliphatic heterocycles. The molecule has 0 saturated carbocycles. The van der Waals surface area contributed by atoms with Gasteiger partial charge in [-0.2, -0.15) is 5.21 Å². The van der Waals surface area contributed by atoms with Crippen molar-refractivity contribution in [2.24, 2.45) is 0 Å². The van der Waals surface area contributed by atoms with Crippen molar-refractivity contribution < 1.29 is 4.79 Å². The van der Waals surface area contributed by atoms with Crippen LogP contribution >= 0.6 is 0 Å². The number of carbonyl (C=O) groups is 1. The Morgan fingerprint density at radius 1 is 1.39 bits per heavy atom. The van der Waals surface area contributed by atoms with Crippen LogP contribution in [0.2, 0.25) is 0 Å². The zero-order chi connectivity index (χ0) is 13.0. The van der Waals surface area contributed by atoms with Gasteiger partial charge in [0.25, 0.3) is 0 Å². The van der Waals surface area contributed by atoms with Gasteiger partial charge in [0.15, 0.2) is 11.6 Å². The highest BCUT2D eigenvalue weighted by Crippen LogP contribution is 2.16. The van der Waals surface area contributed by atoms with Gasteiger partial charge in [-0.25, -0.2) is 0 Å². The van der Waals surface area contributed by atoms with Gasteiger partial charge in [-0.3, -0.25) is 4.79 Å². The predicted molar refractivity (Wildman–Crippen MR) is 67.3 cm³/mol. The Kier molecular flexibility index (Phi) is 3.66. The summed E-state index contributed by atoms with van der Waals surface area (Å²) < 4.78 is 0. The van der Waals surface area contributed by atoms with E-state index in [1.807, 2.05) is 38.1 Å². The van der Waals surface area contributed by atoms with Gasteiger partial charge in [-0.05, 0) is 31.2 Å². The third-order valence-corrected chi connectivity index (χ3v) is 2.66. The molecule has 0 bridgehead atoms. The van der Waals surface area contributed by atoms with Crippen molar-refractivity contribution in [2.75, 3.05) is 5.32 Å². The first-order chi connectivity index (χ1) is 8.70. The van der Waals surface area contributed by atoms with Crippen molar-refractivity contribution in [3.63, 3.8) is 0 Å². The van der Waals surface area contributed by atoms with Gasteiger partial charge in [-0.1, -0.05) is 12.1 Å². The molecule has 1 aromatic carbocycles. The molecule has 2 rings (SSSR count). The minimum Gasteiger partial charge on any atom is -0.375 e. The van der Waals surface area contributed by atoms with E-state index in [9.17, 15) is 4.79 Å². The summed E-state index contributed by atoms with van der Waals surface area (Å²) in [4.78, 5) is 11.5. The van der Waals surface area contributed by atoms with E-state index in [4.69, 9.17) is 0 Å². The van der Waals surface area contributed by atoms with Crippen LogP contribution in [0.5, 0.6) is 0 Å². The van der Waals surface area contributed by atoms with E-state index in [1.165, 1.54) is 0 Å². The summed E-state index contributed by atoms with van der Waals surface area (Å²) in [6, 6.07) is 7.34. The number of benzene rings is 1. The highest BCUT2D eigenvalue weighted by atomic mass is 16.1. The average Bonchev–Trinajstić information content (AvgIpc) is 2.92. The molecule has 1 heterocycles. The van der Waals surface area contributed by atoms with Crippen LogP contribution in [-0.4, -0.2) is 26.4 Å². The maximum atomic E-state index is 11.5. The lowest BCUT2D eigenvalue weighted by molar-refractivity contribution is 0.0988. The van der Waals surface area contributed by atoms with Crippen molar-refractivity contribution in [3.8, 4) is 0 Å². The standard InChI is InChI=1S/C12H15N5O/c1-3-11(18)9-4-6-10(7-5-9)13-8(2)12-14-16-17-15-12/h4-8,13H,3H2,1-2H3,(H,14,15,16,17). The van der Waals surface area contributed by atoms with Gasteiger partial charge < -0.3 is 5.32 Å². The Labute approximate surface area is 105 Å². The summed E-state index contributed by atoms with van der Waals surface area (Å²) >= 11 is 0. The molecule has 1 aromatic heterocycles. The molecule has 2 N–H and O–H groups in total. The van der Waals surface area contributed by atoms with E-state index in [0.29, 0.717) is 12.2 Å². The zero-order valence-corrected chi connectivity index (χ0v) is 10.3. The number of aromatic nitrogens is 4. The van der Waals surface area contributed by atoms with Crippen LogP contribution in [0.25, 0.3) is 0 Å². The third kappa shape index (κ3) is 2.71. The van der Waals surface area contributed by atoms with Gasteiger partial charge in [0.1, 0.15) is 0 Å².